The SMILES string of the molecule is CC1(C)C2CCCCC2C2C3C(CCCC31)C[C@H]1C3CCC4CCCCC4[C@H]3N(C3CCC4C(C3)[C@H]3CCCCC3N4c3ccccc3)C21. The van der Waals surface area contributed by atoms with Crippen molar-refractivity contribution < 1.29 is 0 Å². The molecule has 1 aromatic carbocycles. The molecule has 49 heavy (non-hydrogen) atoms. The first-order valence-corrected chi connectivity index (χ1v) is 22.7. The fourth-order valence-corrected chi connectivity index (χ4v) is 18.2. The Morgan fingerprint density at radius 1 is 0.490 bits per heavy atom. The number of hydrogen-bond donors (Lipinski definition) is 0. The molecule has 0 aromatic heterocycles. The first kappa shape index (κ1) is 31.5. The van der Waals surface area contributed by atoms with Gasteiger partial charge in [0.15, 0.2) is 0 Å². The van der Waals surface area contributed by atoms with E-state index in [1.165, 1.54) is 64.2 Å². The number of para-hydroxylation sites is 1. The van der Waals surface area contributed by atoms with Gasteiger partial charge in [-0.3, -0.25) is 4.90 Å². The molecular weight excluding hydrogens is 593 g/mol. The Morgan fingerprint density at radius 2 is 1.20 bits per heavy atom. The molecule has 0 bridgehead atoms. The Balaban J connectivity index is 0.999. The normalized spacial score (nSPS) is 52.9. The van der Waals surface area contributed by atoms with E-state index >= 15 is 0 Å². The van der Waals surface area contributed by atoms with Gasteiger partial charge in [0, 0.05) is 35.9 Å². The van der Waals surface area contributed by atoms with Gasteiger partial charge in [-0.2, -0.15) is 0 Å². The van der Waals surface area contributed by atoms with Crippen molar-refractivity contribution >= 4 is 5.69 Å². The van der Waals surface area contributed by atoms with Crippen LogP contribution in [0.25, 0.3) is 0 Å². The summed E-state index contributed by atoms with van der Waals surface area (Å²) in [6.45, 7) is 5.59. The standard InChI is InChI=1S/C47H70N2/c1-47(2)39-20-10-8-19-36(39)44-43-30(14-12-21-40(43)47)27-38-35-25-23-29-13-6-7-17-33(29)45(35)49(46(38)44)32-24-26-42-37(28-32)34-18-9-11-22-41(34)48(42)31-15-4-3-5-16-31/h3-5,15-16,29-30,32-46H,6-14,17-28H2,1-2H3/t29?,30?,32?,33?,34-,35?,36?,37?,38+,39?,40?,41?,42?,43?,44?,45-,46?/m1/s1. The van der Waals surface area contributed by atoms with Gasteiger partial charge in [-0.05, 0) is 166 Å². The van der Waals surface area contributed by atoms with Crippen LogP contribution in [0.3, 0.4) is 0 Å². The molecular formula is C47H70N2. The zero-order chi connectivity index (χ0) is 32.4. The van der Waals surface area contributed by atoms with Crippen LogP contribution in [0, 0.1) is 76.4 Å². The summed E-state index contributed by atoms with van der Waals surface area (Å²) in [6.07, 6.45) is 32.4. The first-order valence-electron chi connectivity index (χ1n) is 22.7. The second-order valence-corrected chi connectivity index (χ2v) is 21.1. The van der Waals surface area contributed by atoms with Crippen LogP contribution in [0.2, 0.25) is 0 Å². The van der Waals surface area contributed by atoms with E-state index in [4.69, 9.17) is 0 Å². The molecule has 2 saturated heterocycles. The van der Waals surface area contributed by atoms with Crippen LogP contribution in [0.5, 0.6) is 0 Å². The van der Waals surface area contributed by atoms with Crippen LogP contribution in [-0.2, 0) is 0 Å². The van der Waals surface area contributed by atoms with Gasteiger partial charge in [0.1, 0.15) is 0 Å². The highest BCUT2D eigenvalue weighted by atomic mass is 15.3. The lowest BCUT2D eigenvalue weighted by Gasteiger charge is -2.66. The molecule has 10 aliphatic rings. The van der Waals surface area contributed by atoms with Crippen molar-refractivity contribution in [3.63, 3.8) is 0 Å². The molecule has 0 spiro atoms. The molecule has 1 aromatic rings. The summed E-state index contributed by atoms with van der Waals surface area (Å²) in [5.74, 6) is 12.2. The summed E-state index contributed by atoms with van der Waals surface area (Å²) in [4.78, 5) is 6.62. The maximum Gasteiger partial charge on any atom is 0.0371 e. The average molecular weight is 663 g/mol. The van der Waals surface area contributed by atoms with E-state index in [1.807, 2.05) is 0 Å². The van der Waals surface area contributed by atoms with Gasteiger partial charge in [0.2, 0.25) is 0 Å². The second kappa shape index (κ2) is 12.0. The Kier molecular flexibility index (Phi) is 7.71. The van der Waals surface area contributed by atoms with E-state index in [-0.39, 0.29) is 0 Å². The third-order valence-corrected chi connectivity index (χ3v) is 19.5. The topological polar surface area (TPSA) is 6.48 Å². The van der Waals surface area contributed by atoms with Crippen LogP contribution in [-0.4, -0.2) is 35.1 Å². The second-order valence-electron chi connectivity index (χ2n) is 21.1. The van der Waals surface area contributed by atoms with Crippen molar-refractivity contribution in [1.82, 2.24) is 4.90 Å². The number of rotatable bonds is 2. The van der Waals surface area contributed by atoms with E-state index < -0.39 is 0 Å². The third-order valence-electron chi connectivity index (χ3n) is 19.5. The van der Waals surface area contributed by atoms with E-state index in [9.17, 15) is 0 Å². The predicted octanol–water partition coefficient (Wildman–Crippen LogP) is 11.4. The zero-order valence-corrected chi connectivity index (χ0v) is 31.4. The van der Waals surface area contributed by atoms with Gasteiger partial charge in [-0.1, -0.05) is 89.8 Å². The van der Waals surface area contributed by atoms with Crippen molar-refractivity contribution in [2.75, 3.05) is 4.90 Å². The molecule has 2 aliphatic heterocycles. The predicted molar refractivity (Wildman–Crippen MR) is 202 cm³/mol. The molecule has 0 N–H and O–H groups in total. The van der Waals surface area contributed by atoms with Crippen molar-refractivity contribution in [1.29, 1.82) is 0 Å². The minimum Gasteiger partial charge on any atom is -0.365 e. The largest absolute Gasteiger partial charge is 0.365 e. The zero-order valence-electron chi connectivity index (χ0n) is 31.4. The summed E-state index contributed by atoms with van der Waals surface area (Å²) in [5.41, 5.74) is 2.13. The highest BCUT2D eigenvalue weighted by Crippen LogP contribution is 2.70. The molecule has 268 valence electrons. The molecule has 17 atom stereocenters. The maximum absolute atomic E-state index is 3.59. The van der Waals surface area contributed by atoms with E-state index in [0.717, 1.165) is 101 Å². The smallest absolute Gasteiger partial charge is 0.0371 e. The van der Waals surface area contributed by atoms with Crippen LogP contribution in [0.4, 0.5) is 5.69 Å². The van der Waals surface area contributed by atoms with E-state index in [0.29, 0.717) is 5.41 Å². The molecule has 8 aliphatic carbocycles. The van der Waals surface area contributed by atoms with Crippen molar-refractivity contribution in [2.24, 2.45) is 76.4 Å². The lowest BCUT2D eigenvalue weighted by molar-refractivity contribution is -0.178. The van der Waals surface area contributed by atoms with Crippen LogP contribution < -0.4 is 4.90 Å². The van der Waals surface area contributed by atoms with Gasteiger partial charge < -0.3 is 4.90 Å². The maximum atomic E-state index is 3.59. The summed E-state index contributed by atoms with van der Waals surface area (Å²) in [5, 5.41) is 0. The lowest BCUT2D eigenvalue weighted by Crippen LogP contribution is -2.65. The summed E-state index contributed by atoms with van der Waals surface area (Å²) in [7, 11) is 0. The van der Waals surface area contributed by atoms with Gasteiger partial charge in [-0.15, -0.1) is 0 Å². The van der Waals surface area contributed by atoms with Crippen LogP contribution in [0.15, 0.2) is 30.3 Å². The van der Waals surface area contributed by atoms with E-state index in [1.54, 1.807) is 76.3 Å². The summed E-state index contributed by atoms with van der Waals surface area (Å²) in [6, 6.07) is 16.2. The Morgan fingerprint density at radius 3 is 2.08 bits per heavy atom. The highest BCUT2D eigenvalue weighted by molar-refractivity contribution is 5.51. The summed E-state index contributed by atoms with van der Waals surface area (Å²) < 4.78 is 0. The Labute approximate surface area is 300 Å². The quantitative estimate of drug-likeness (QED) is 0.311. The van der Waals surface area contributed by atoms with Crippen LogP contribution in [0.1, 0.15) is 149 Å². The summed E-state index contributed by atoms with van der Waals surface area (Å²) >= 11 is 0. The number of likely N-dealkylation sites (tertiary alicyclic amines) is 1. The molecule has 8 saturated carbocycles. The molecule has 10 fully saturated rings. The minimum absolute atomic E-state index is 0.571. The number of fused-ring (bicyclic) bond motifs is 11. The van der Waals surface area contributed by atoms with Gasteiger partial charge >= 0.3 is 0 Å². The van der Waals surface area contributed by atoms with Gasteiger partial charge in [0.25, 0.3) is 0 Å². The number of benzene rings is 1. The molecule has 0 amide bonds. The fraction of sp³-hybridized carbons (Fsp3) is 0.872. The monoisotopic (exact) mass is 663 g/mol. The molecule has 2 heteroatoms. The highest BCUT2D eigenvalue weighted by Gasteiger charge is 2.68. The van der Waals surface area contributed by atoms with Crippen LogP contribution >= 0.6 is 0 Å². The Bertz CT molecular complexity index is 1350. The van der Waals surface area contributed by atoms with Crippen molar-refractivity contribution in [2.45, 2.75) is 179 Å². The van der Waals surface area contributed by atoms with E-state index in [2.05, 4.69) is 54.0 Å². The molecule has 2 nitrogen and oxygen atoms in total. The number of anilines is 1. The van der Waals surface area contributed by atoms with Crippen molar-refractivity contribution in [3.8, 4) is 0 Å². The first-order chi connectivity index (χ1) is 24.1. The molecule has 0 radical (unpaired) electrons. The van der Waals surface area contributed by atoms with Crippen molar-refractivity contribution in [3.05, 3.63) is 30.3 Å². The molecule has 14 unspecified atom stereocenters. The number of nitrogens with zero attached hydrogens (tertiary/aromatic N) is 2. The minimum atomic E-state index is 0.571. The molecule has 11 rings (SSSR count). The lowest BCUT2D eigenvalue weighted by atomic mass is 9.40. The average Bonchev–Trinajstić information content (AvgIpc) is 3.66. The fourth-order valence-electron chi connectivity index (χ4n) is 18.2. The van der Waals surface area contributed by atoms with Gasteiger partial charge in [0.05, 0.1) is 0 Å². The Hall–Kier alpha value is -1.02. The van der Waals surface area contributed by atoms with Gasteiger partial charge in [-0.25, -0.2) is 0 Å². The molecule has 2 heterocycles. The third kappa shape index (κ3) is 4.59. The number of hydrogen-bond acceptors (Lipinski definition) is 2.